The molecule has 5 heteroatoms. The van der Waals surface area contributed by atoms with Crippen molar-refractivity contribution in [3.63, 3.8) is 0 Å². The minimum atomic E-state index is -3.31. The van der Waals surface area contributed by atoms with Crippen LogP contribution in [0, 0.1) is 6.92 Å². The minimum absolute atomic E-state index is 0.0735. The summed E-state index contributed by atoms with van der Waals surface area (Å²) in [6, 6.07) is 12.3. The zero-order valence-electron chi connectivity index (χ0n) is 12.2. The third-order valence-corrected chi connectivity index (χ3v) is 5.22. The number of rotatable bonds is 5. The molecule has 0 fully saturated rings. The van der Waals surface area contributed by atoms with Crippen LogP contribution in [0.15, 0.2) is 47.4 Å². The predicted molar refractivity (Wildman–Crippen MR) is 84.3 cm³/mol. The van der Waals surface area contributed by atoms with Crippen LogP contribution in [0.2, 0.25) is 0 Å². The van der Waals surface area contributed by atoms with Crippen molar-refractivity contribution >= 4 is 15.5 Å². The highest BCUT2D eigenvalue weighted by molar-refractivity contribution is 7.91. The van der Waals surface area contributed by atoms with E-state index in [2.05, 4.69) is 0 Å². The molecule has 112 valence electrons. The Morgan fingerprint density at radius 1 is 1.10 bits per heavy atom. The second kappa shape index (κ2) is 6.18. The molecule has 0 aliphatic rings. The van der Waals surface area contributed by atoms with E-state index in [1.165, 1.54) is 0 Å². The van der Waals surface area contributed by atoms with Gasteiger partial charge >= 0.3 is 0 Å². The summed E-state index contributed by atoms with van der Waals surface area (Å²) < 4.78 is 29.9. The summed E-state index contributed by atoms with van der Waals surface area (Å²) in [6.07, 6.45) is 0.468. The number of benzene rings is 2. The van der Waals surface area contributed by atoms with Gasteiger partial charge < -0.3 is 10.5 Å². The molecule has 0 atom stereocenters. The molecular formula is C16H19NO3S. The largest absolute Gasteiger partial charge is 0.497 e. The lowest BCUT2D eigenvalue weighted by molar-refractivity contribution is 0.414. The van der Waals surface area contributed by atoms with Gasteiger partial charge in [-0.25, -0.2) is 8.42 Å². The van der Waals surface area contributed by atoms with Crippen LogP contribution in [-0.2, 0) is 16.3 Å². The fourth-order valence-electron chi connectivity index (χ4n) is 2.18. The van der Waals surface area contributed by atoms with Crippen molar-refractivity contribution in [3.05, 3.63) is 53.6 Å². The third kappa shape index (κ3) is 3.76. The zero-order chi connectivity index (χ0) is 15.5. The third-order valence-electron chi connectivity index (χ3n) is 3.35. The lowest BCUT2D eigenvalue weighted by atomic mass is 10.2. The Balaban J connectivity index is 2.13. The number of nitrogen functional groups attached to an aromatic ring is 1. The highest BCUT2D eigenvalue weighted by Crippen LogP contribution is 2.20. The Morgan fingerprint density at radius 2 is 1.76 bits per heavy atom. The van der Waals surface area contributed by atoms with Crippen molar-refractivity contribution in [2.75, 3.05) is 18.6 Å². The van der Waals surface area contributed by atoms with Crippen LogP contribution in [0.25, 0.3) is 0 Å². The number of hydrogen-bond acceptors (Lipinski definition) is 4. The molecule has 0 saturated heterocycles. The quantitative estimate of drug-likeness (QED) is 0.862. The van der Waals surface area contributed by atoms with E-state index >= 15 is 0 Å². The van der Waals surface area contributed by atoms with Gasteiger partial charge in [-0.2, -0.15) is 0 Å². The molecular weight excluding hydrogens is 286 g/mol. The van der Waals surface area contributed by atoms with Crippen LogP contribution >= 0.6 is 0 Å². The van der Waals surface area contributed by atoms with Gasteiger partial charge in [0.25, 0.3) is 0 Å². The number of hydrogen-bond donors (Lipinski definition) is 1. The van der Waals surface area contributed by atoms with Crippen LogP contribution < -0.4 is 10.5 Å². The van der Waals surface area contributed by atoms with E-state index in [0.29, 0.717) is 22.6 Å². The number of nitrogens with two attached hydrogens (primary N) is 1. The van der Waals surface area contributed by atoms with Crippen molar-refractivity contribution in [2.24, 2.45) is 0 Å². The smallest absolute Gasteiger partial charge is 0.178 e. The van der Waals surface area contributed by atoms with E-state index in [0.717, 1.165) is 11.3 Å². The highest BCUT2D eigenvalue weighted by Gasteiger charge is 2.17. The van der Waals surface area contributed by atoms with Gasteiger partial charge in [0.1, 0.15) is 5.75 Å². The first-order valence-corrected chi connectivity index (χ1v) is 8.29. The van der Waals surface area contributed by atoms with Gasteiger partial charge in [0, 0.05) is 5.69 Å². The first-order chi connectivity index (χ1) is 9.92. The average Bonchev–Trinajstić information content (AvgIpc) is 2.45. The molecule has 21 heavy (non-hydrogen) atoms. The molecule has 0 bridgehead atoms. The molecule has 4 nitrogen and oxygen atoms in total. The van der Waals surface area contributed by atoms with Crippen LogP contribution in [0.3, 0.4) is 0 Å². The first-order valence-electron chi connectivity index (χ1n) is 6.64. The van der Waals surface area contributed by atoms with Gasteiger partial charge in [0.15, 0.2) is 9.84 Å². The number of aryl methyl sites for hydroxylation is 2. The maximum atomic E-state index is 12.4. The van der Waals surface area contributed by atoms with Gasteiger partial charge in [-0.3, -0.25) is 0 Å². The molecule has 0 aromatic heterocycles. The molecule has 0 heterocycles. The van der Waals surface area contributed by atoms with Crippen molar-refractivity contribution in [1.29, 1.82) is 0 Å². The van der Waals surface area contributed by atoms with E-state index in [4.69, 9.17) is 10.5 Å². The number of sulfone groups is 1. The van der Waals surface area contributed by atoms with Gasteiger partial charge in [0.05, 0.1) is 17.8 Å². The molecule has 2 rings (SSSR count). The van der Waals surface area contributed by atoms with E-state index in [9.17, 15) is 8.42 Å². The van der Waals surface area contributed by atoms with Gasteiger partial charge in [-0.15, -0.1) is 0 Å². The molecule has 0 amide bonds. The molecule has 0 aliphatic carbocycles. The second-order valence-electron chi connectivity index (χ2n) is 4.94. The summed E-state index contributed by atoms with van der Waals surface area (Å²) in [5, 5.41) is 0. The summed E-state index contributed by atoms with van der Waals surface area (Å²) in [4.78, 5) is 0.352. The predicted octanol–water partition coefficient (Wildman–Crippen LogP) is 2.60. The van der Waals surface area contributed by atoms with E-state index in [-0.39, 0.29) is 5.75 Å². The van der Waals surface area contributed by atoms with Crippen LogP contribution in [-0.4, -0.2) is 21.3 Å². The lowest BCUT2D eigenvalue weighted by Gasteiger charge is -2.09. The standard InChI is InChI=1S/C16H19NO3S/c1-12-11-14(17)5-8-16(12)21(18,19)10-9-13-3-6-15(20-2)7-4-13/h3-8,11H,9-10,17H2,1-2H3. The van der Waals surface area contributed by atoms with Gasteiger partial charge in [-0.05, 0) is 54.8 Å². The monoisotopic (exact) mass is 305 g/mol. The zero-order valence-corrected chi connectivity index (χ0v) is 13.0. The fourth-order valence-corrected chi connectivity index (χ4v) is 3.73. The van der Waals surface area contributed by atoms with Crippen LogP contribution in [0.1, 0.15) is 11.1 Å². The SMILES string of the molecule is COc1ccc(CCS(=O)(=O)c2ccc(N)cc2C)cc1. The molecule has 0 spiro atoms. The van der Waals surface area contributed by atoms with Crippen molar-refractivity contribution in [1.82, 2.24) is 0 Å². The Bertz CT molecular complexity index is 722. The molecule has 2 aromatic carbocycles. The van der Waals surface area contributed by atoms with E-state index < -0.39 is 9.84 Å². The second-order valence-corrected chi connectivity index (χ2v) is 7.02. The Labute approximate surface area is 125 Å². The van der Waals surface area contributed by atoms with Gasteiger partial charge in [-0.1, -0.05) is 12.1 Å². The molecule has 0 saturated carbocycles. The Morgan fingerprint density at radius 3 is 2.33 bits per heavy atom. The highest BCUT2D eigenvalue weighted by atomic mass is 32.2. The molecule has 0 aliphatic heterocycles. The Hall–Kier alpha value is -2.01. The molecule has 2 aromatic rings. The normalized spacial score (nSPS) is 11.3. The number of anilines is 1. The van der Waals surface area contributed by atoms with Crippen LogP contribution in [0.5, 0.6) is 5.75 Å². The maximum Gasteiger partial charge on any atom is 0.178 e. The maximum absolute atomic E-state index is 12.4. The summed E-state index contributed by atoms with van der Waals surface area (Å²) in [5.74, 6) is 0.834. The van der Waals surface area contributed by atoms with Crippen molar-refractivity contribution in [3.8, 4) is 5.75 Å². The summed E-state index contributed by atoms with van der Waals surface area (Å²) in [5.41, 5.74) is 7.88. The fraction of sp³-hybridized carbons (Fsp3) is 0.250. The van der Waals surface area contributed by atoms with Crippen molar-refractivity contribution < 1.29 is 13.2 Å². The summed E-state index contributed by atoms with van der Waals surface area (Å²) in [6.45, 7) is 1.76. The van der Waals surface area contributed by atoms with E-state index in [1.54, 1.807) is 32.2 Å². The lowest BCUT2D eigenvalue weighted by Crippen LogP contribution is -2.11. The minimum Gasteiger partial charge on any atom is -0.497 e. The number of methoxy groups -OCH3 is 1. The molecule has 2 N–H and O–H groups in total. The average molecular weight is 305 g/mol. The number of ether oxygens (including phenoxy) is 1. The summed E-state index contributed by atoms with van der Waals surface area (Å²) >= 11 is 0. The molecule has 0 radical (unpaired) electrons. The Kier molecular flexibility index (Phi) is 4.53. The van der Waals surface area contributed by atoms with Gasteiger partial charge in [0.2, 0.25) is 0 Å². The topological polar surface area (TPSA) is 69.4 Å². The first kappa shape index (κ1) is 15.4. The van der Waals surface area contributed by atoms with E-state index in [1.807, 2.05) is 24.3 Å². The van der Waals surface area contributed by atoms with Crippen molar-refractivity contribution in [2.45, 2.75) is 18.2 Å². The summed E-state index contributed by atoms with van der Waals surface area (Å²) in [7, 11) is -1.71. The van der Waals surface area contributed by atoms with Crippen LogP contribution in [0.4, 0.5) is 5.69 Å². The molecule has 0 unspecified atom stereocenters.